The minimum atomic E-state index is -2.96. The van der Waals surface area contributed by atoms with Gasteiger partial charge in [0.2, 0.25) is 0 Å². The Morgan fingerprint density at radius 1 is 1.17 bits per heavy atom. The van der Waals surface area contributed by atoms with Gasteiger partial charge in [-0.25, -0.2) is 12.8 Å². The number of nitrogens with zero attached hydrogens (tertiary/aromatic N) is 2. The number of sulfone groups is 1. The van der Waals surface area contributed by atoms with Crippen molar-refractivity contribution < 1.29 is 22.3 Å². The van der Waals surface area contributed by atoms with Gasteiger partial charge in [0.1, 0.15) is 21.4 Å². The van der Waals surface area contributed by atoms with E-state index in [1.165, 1.54) is 30.5 Å². The van der Waals surface area contributed by atoms with E-state index in [4.69, 9.17) is 4.74 Å². The lowest BCUT2D eigenvalue weighted by Crippen LogP contribution is -2.50. The summed E-state index contributed by atoms with van der Waals surface area (Å²) in [5.74, 6) is 0.103. The predicted molar refractivity (Wildman–Crippen MR) is 84.6 cm³/mol. The van der Waals surface area contributed by atoms with Crippen LogP contribution in [0.1, 0.15) is 0 Å². The van der Waals surface area contributed by atoms with Gasteiger partial charge >= 0.3 is 0 Å². The number of amides is 1. The molecule has 0 N–H and O–H groups in total. The Morgan fingerprint density at radius 2 is 1.78 bits per heavy atom. The highest BCUT2D eigenvalue weighted by Gasteiger charge is 2.21. The summed E-state index contributed by atoms with van der Waals surface area (Å²) >= 11 is 0. The Labute approximate surface area is 135 Å². The maximum Gasteiger partial charge on any atom is 0.260 e. The molecule has 0 spiro atoms. The lowest BCUT2D eigenvalue weighted by Gasteiger charge is -2.34. The average molecular weight is 344 g/mol. The largest absolute Gasteiger partial charge is 0.484 e. The zero-order valence-corrected chi connectivity index (χ0v) is 13.9. The number of hydrogen-bond donors (Lipinski definition) is 0. The van der Waals surface area contributed by atoms with Crippen molar-refractivity contribution in [2.24, 2.45) is 0 Å². The van der Waals surface area contributed by atoms with Gasteiger partial charge in [0.05, 0.1) is 5.75 Å². The number of halogens is 1. The van der Waals surface area contributed by atoms with Gasteiger partial charge in [-0.15, -0.1) is 0 Å². The van der Waals surface area contributed by atoms with Crippen molar-refractivity contribution in [1.82, 2.24) is 9.80 Å². The van der Waals surface area contributed by atoms with Crippen molar-refractivity contribution in [3.8, 4) is 5.75 Å². The van der Waals surface area contributed by atoms with Crippen LogP contribution in [0.3, 0.4) is 0 Å². The molecule has 6 nitrogen and oxygen atoms in total. The third kappa shape index (κ3) is 6.15. The Morgan fingerprint density at radius 3 is 2.35 bits per heavy atom. The van der Waals surface area contributed by atoms with Crippen LogP contribution >= 0.6 is 0 Å². The Bertz CT molecular complexity index is 625. The first-order valence-corrected chi connectivity index (χ1v) is 9.46. The van der Waals surface area contributed by atoms with Gasteiger partial charge in [0.25, 0.3) is 5.91 Å². The van der Waals surface area contributed by atoms with Crippen LogP contribution in [0.5, 0.6) is 5.75 Å². The second-order valence-corrected chi connectivity index (χ2v) is 7.85. The normalized spacial score (nSPS) is 16.3. The van der Waals surface area contributed by atoms with Gasteiger partial charge in [-0.05, 0) is 24.3 Å². The summed E-state index contributed by atoms with van der Waals surface area (Å²) in [6.07, 6.45) is 1.22. The van der Waals surface area contributed by atoms with E-state index in [9.17, 15) is 17.6 Å². The number of piperazine rings is 1. The van der Waals surface area contributed by atoms with Gasteiger partial charge in [-0.2, -0.15) is 0 Å². The van der Waals surface area contributed by atoms with Crippen molar-refractivity contribution >= 4 is 15.7 Å². The van der Waals surface area contributed by atoms with Gasteiger partial charge in [0.15, 0.2) is 6.61 Å². The second kappa shape index (κ2) is 7.74. The molecule has 1 aromatic rings. The smallest absolute Gasteiger partial charge is 0.260 e. The van der Waals surface area contributed by atoms with Crippen LogP contribution < -0.4 is 4.74 Å². The fourth-order valence-corrected chi connectivity index (χ4v) is 2.87. The number of carbonyl (C=O) groups is 1. The van der Waals surface area contributed by atoms with Crippen molar-refractivity contribution in [2.45, 2.75) is 0 Å². The third-order valence-electron chi connectivity index (χ3n) is 3.68. The molecule has 0 saturated carbocycles. The van der Waals surface area contributed by atoms with Crippen LogP contribution in [-0.2, 0) is 14.6 Å². The monoisotopic (exact) mass is 344 g/mol. The van der Waals surface area contributed by atoms with Gasteiger partial charge in [0, 0.05) is 39.0 Å². The molecule has 1 fully saturated rings. The molecule has 0 aliphatic carbocycles. The van der Waals surface area contributed by atoms with Gasteiger partial charge in [-0.1, -0.05) is 0 Å². The molecule has 1 aliphatic heterocycles. The maximum absolute atomic E-state index is 12.8. The number of rotatable bonds is 6. The molecule has 1 heterocycles. The van der Waals surface area contributed by atoms with Crippen LogP contribution in [0.15, 0.2) is 24.3 Å². The Kier molecular flexibility index (Phi) is 5.95. The van der Waals surface area contributed by atoms with Crippen molar-refractivity contribution in [3.05, 3.63) is 30.1 Å². The summed E-state index contributed by atoms with van der Waals surface area (Å²) in [6.45, 7) is 2.81. The molecule has 1 aromatic carbocycles. The Balaban J connectivity index is 1.72. The molecule has 0 unspecified atom stereocenters. The first-order valence-electron chi connectivity index (χ1n) is 7.40. The molecule has 0 bridgehead atoms. The van der Waals surface area contributed by atoms with E-state index in [0.29, 0.717) is 38.5 Å². The fourth-order valence-electron chi connectivity index (χ4n) is 2.28. The molecule has 0 radical (unpaired) electrons. The van der Waals surface area contributed by atoms with E-state index in [1.54, 1.807) is 4.90 Å². The van der Waals surface area contributed by atoms with Crippen LogP contribution in [-0.4, -0.2) is 75.5 Å². The minimum absolute atomic E-state index is 0.0883. The van der Waals surface area contributed by atoms with Crippen LogP contribution in [0.25, 0.3) is 0 Å². The lowest BCUT2D eigenvalue weighted by molar-refractivity contribution is -0.135. The van der Waals surface area contributed by atoms with Crippen LogP contribution in [0, 0.1) is 5.82 Å². The number of benzene rings is 1. The van der Waals surface area contributed by atoms with Gasteiger partial charge in [-0.3, -0.25) is 9.69 Å². The van der Waals surface area contributed by atoms with Crippen LogP contribution in [0.4, 0.5) is 4.39 Å². The molecule has 0 atom stereocenters. The quantitative estimate of drug-likeness (QED) is 0.747. The molecule has 1 aliphatic rings. The maximum atomic E-state index is 12.8. The average Bonchev–Trinajstić information content (AvgIpc) is 2.52. The summed E-state index contributed by atoms with van der Waals surface area (Å²) in [7, 11) is -2.96. The first-order chi connectivity index (χ1) is 10.8. The first kappa shape index (κ1) is 17.7. The lowest BCUT2D eigenvalue weighted by atomic mass is 10.3. The molecule has 23 heavy (non-hydrogen) atoms. The van der Waals surface area contributed by atoms with E-state index in [1.807, 2.05) is 4.90 Å². The summed E-state index contributed by atoms with van der Waals surface area (Å²) in [5, 5.41) is 0. The topological polar surface area (TPSA) is 66.9 Å². The second-order valence-electron chi connectivity index (χ2n) is 5.59. The van der Waals surface area contributed by atoms with E-state index in [0.717, 1.165) is 0 Å². The molecule has 1 amide bonds. The van der Waals surface area contributed by atoms with E-state index in [-0.39, 0.29) is 24.1 Å². The molecule has 2 rings (SSSR count). The molecule has 8 heteroatoms. The summed E-state index contributed by atoms with van der Waals surface area (Å²) in [6, 6.07) is 5.51. The number of ether oxygens (including phenoxy) is 1. The summed E-state index contributed by atoms with van der Waals surface area (Å²) in [4.78, 5) is 15.8. The summed E-state index contributed by atoms with van der Waals surface area (Å²) < 4.78 is 40.4. The highest BCUT2D eigenvalue weighted by Crippen LogP contribution is 2.11. The fraction of sp³-hybridized carbons (Fsp3) is 0.533. The van der Waals surface area contributed by atoms with Crippen molar-refractivity contribution in [2.75, 3.05) is 51.3 Å². The number of hydrogen-bond acceptors (Lipinski definition) is 5. The van der Waals surface area contributed by atoms with Crippen molar-refractivity contribution in [3.63, 3.8) is 0 Å². The van der Waals surface area contributed by atoms with E-state index in [2.05, 4.69) is 0 Å². The molecular weight excluding hydrogens is 323 g/mol. The van der Waals surface area contributed by atoms with Gasteiger partial charge < -0.3 is 9.64 Å². The molecule has 0 aromatic heterocycles. The third-order valence-corrected chi connectivity index (χ3v) is 4.60. The molecule has 1 saturated heterocycles. The molecular formula is C15H21FN2O4S. The highest BCUT2D eigenvalue weighted by atomic mass is 32.2. The number of carbonyl (C=O) groups excluding carboxylic acids is 1. The highest BCUT2D eigenvalue weighted by molar-refractivity contribution is 7.90. The van der Waals surface area contributed by atoms with E-state index < -0.39 is 9.84 Å². The van der Waals surface area contributed by atoms with E-state index >= 15 is 0 Å². The minimum Gasteiger partial charge on any atom is -0.484 e. The summed E-state index contributed by atoms with van der Waals surface area (Å²) in [5.41, 5.74) is 0. The Hall–Kier alpha value is -1.67. The SMILES string of the molecule is CS(=O)(=O)CCN1CCN(C(=O)COc2ccc(F)cc2)CC1. The molecule has 128 valence electrons. The predicted octanol–water partition coefficient (Wildman–Crippen LogP) is 0.393. The zero-order chi connectivity index (χ0) is 16.9. The zero-order valence-electron chi connectivity index (χ0n) is 13.1. The van der Waals surface area contributed by atoms with Crippen molar-refractivity contribution in [1.29, 1.82) is 0 Å². The van der Waals surface area contributed by atoms with Crippen LogP contribution in [0.2, 0.25) is 0 Å². The standard InChI is InChI=1S/C15H21FN2O4S/c1-23(20,21)11-10-17-6-8-18(9-7-17)15(19)12-22-14-4-2-13(16)3-5-14/h2-5H,6-12H2,1H3.